The van der Waals surface area contributed by atoms with Crippen molar-refractivity contribution in [2.75, 3.05) is 19.3 Å². The fraction of sp³-hybridized carbons (Fsp3) is 0.462. The van der Waals surface area contributed by atoms with Gasteiger partial charge in [-0.3, -0.25) is 0 Å². The largest absolute Gasteiger partial charge is 0.369 e. The van der Waals surface area contributed by atoms with Gasteiger partial charge >= 0.3 is 0 Å². The van der Waals surface area contributed by atoms with E-state index in [0.29, 0.717) is 15.9 Å². The highest BCUT2D eigenvalue weighted by Crippen LogP contribution is 2.27. The number of anilines is 1. The van der Waals surface area contributed by atoms with E-state index in [1.807, 2.05) is 4.57 Å². The molecule has 1 heterocycles. The Morgan fingerprint density at radius 2 is 2.26 bits per heavy atom. The van der Waals surface area contributed by atoms with Crippen LogP contribution in [0, 0.1) is 5.82 Å². The van der Waals surface area contributed by atoms with E-state index < -0.39 is 0 Å². The van der Waals surface area contributed by atoms with E-state index >= 15 is 0 Å². The van der Waals surface area contributed by atoms with Gasteiger partial charge in [-0.1, -0.05) is 0 Å². The van der Waals surface area contributed by atoms with Crippen LogP contribution < -0.4 is 5.73 Å². The number of hydrogen-bond acceptors (Lipinski definition) is 3. The van der Waals surface area contributed by atoms with Gasteiger partial charge in [-0.25, -0.2) is 9.37 Å². The van der Waals surface area contributed by atoms with Crippen LogP contribution in [-0.2, 0) is 6.54 Å². The summed E-state index contributed by atoms with van der Waals surface area (Å²) in [5.41, 5.74) is 7.40. The lowest BCUT2D eigenvalue weighted by molar-refractivity contribution is 0.311. The molecule has 3 rings (SSSR count). The molecule has 1 aliphatic carbocycles. The van der Waals surface area contributed by atoms with Gasteiger partial charge in [0.05, 0.1) is 15.5 Å². The number of nitrogen functional groups attached to an aromatic ring is 1. The molecule has 1 aromatic heterocycles. The molecule has 2 N–H and O–H groups in total. The number of fused-ring (bicyclic) bond motifs is 1. The van der Waals surface area contributed by atoms with Gasteiger partial charge in [0.15, 0.2) is 0 Å². The fourth-order valence-corrected chi connectivity index (χ4v) is 2.66. The minimum Gasteiger partial charge on any atom is -0.369 e. The summed E-state index contributed by atoms with van der Waals surface area (Å²) in [6.07, 6.45) is 2.57. The molecule has 2 aromatic rings. The van der Waals surface area contributed by atoms with Crippen LogP contribution >= 0.6 is 15.9 Å². The molecule has 0 unspecified atom stereocenters. The lowest BCUT2D eigenvalue weighted by Crippen LogP contribution is -2.25. The first kappa shape index (κ1) is 12.9. The van der Waals surface area contributed by atoms with Crippen molar-refractivity contribution in [3.8, 4) is 0 Å². The third-order valence-electron chi connectivity index (χ3n) is 3.67. The van der Waals surface area contributed by atoms with Crippen molar-refractivity contribution in [2.45, 2.75) is 25.4 Å². The Balaban J connectivity index is 1.88. The number of likely N-dealkylation sites (N-methyl/N-ethyl adjacent to an activating group) is 1. The third-order valence-corrected chi connectivity index (χ3v) is 4.27. The normalized spacial score (nSPS) is 15.6. The van der Waals surface area contributed by atoms with Gasteiger partial charge in [-0.2, -0.15) is 0 Å². The lowest BCUT2D eigenvalue weighted by Gasteiger charge is -2.16. The standard InChI is InChI=1S/C13H16BrFN4/c1-18(8-2-3-8)4-5-19-12-6-9(14)10(15)7-11(12)17-13(19)16/h6-8H,2-5H2,1H3,(H2,16,17). The second-order valence-electron chi connectivity index (χ2n) is 5.09. The van der Waals surface area contributed by atoms with Crippen LogP contribution in [0.5, 0.6) is 0 Å². The summed E-state index contributed by atoms with van der Waals surface area (Å²) in [6.45, 7) is 1.70. The maximum Gasteiger partial charge on any atom is 0.201 e. The van der Waals surface area contributed by atoms with Crippen molar-refractivity contribution in [2.24, 2.45) is 0 Å². The highest BCUT2D eigenvalue weighted by Gasteiger charge is 2.25. The van der Waals surface area contributed by atoms with Crippen molar-refractivity contribution in [1.82, 2.24) is 14.5 Å². The van der Waals surface area contributed by atoms with Gasteiger partial charge in [0, 0.05) is 25.2 Å². The summed E-state index contributed by atoms with van der Waals surface area (Å²) in [7, 11) is 2.13. The molecule has 0 saturated heterocycles. The van der Waals surface area contributed by atoms with E-state index in [2.05, 4.69) is 32.9 Å². The van der Waals surface area contributed by atoms with E-state index in [4.69, 9.17) is 5.73 Å². The number of nitrogens with two attached hydrogens (primary N) is 1. The van der Waals surface area contributed by atoms with E-state index in [1.165, 1.54) is 18.9 Å². The molecule has 1 saturated carbocycles. The molecule has 0 aliphatic heterocycles. The number of benzene rings is 1. The quantitative estimate of drug-likeness (QED) is 0.939. The average Bonchev–Trinajstić information content (AvgIpc) is 3.15. The molecule has 0 spiro atoms. The van der Waals surface area contributed by atoms with Crippen molar-refractivity contribution in [1.29, 1.82) is 0 Å². The smallest absolute Gasteiger partial charge is 0.201 e. The highest BCUT2D eigenvalue weighted by atomic mass is 79.9. The minimum atomic E-state index is -0.313. The first-order chi connectivity index (χ1) is 9.06. The monoisotopic (exact) mass is 326 g/mol. The first-order valence-electron chi connectivity index (χ1n) is 6.37. The molecule has 1 aliphatic rings. The lowest BCUT2D eigenvalue weighted by atomic mass is 10.3. The molecule has 0 bridgehead atoms. The second-order valence-corrected chi connectivity index (χ2v) is 5.94. The summed E-state index contributed by atoms with van der Waals surface area (Å²) in [5.74, 6) is 0.129. The Bertz CT molecular complexity index is 621. The number of hydrogen-bond donors (Lipinski definition) is 1. The number of rotatable bonds is 4. The van der Waals surface area contributed by atoms with Crippen LogP contribution in [-0.4, -0.2) is 34.1 Å². The number of aromatic nitrogens is 2. The molecule has 6 heteroatoms. The number of nitrogens with zero attached hydrogens (tertiary/aromatic N) is 3. The van der Waals surface area contributed by atoms with Crippen molar-refractivity contribution >= 4 is 32.9 Å². The predicted molar refractivity (Wildman–Crippen MR) is 77.5 cm³/mol. The van der Waals surface area contributed by atoms with Crippen LogP contribution in [0.15, 0.2) is 16.6 Å². The maximum atomic E-state index is 13.5. The van der Waals surface area contributed by atoms with Gasteiger partial charge in [-0.05, 0) is 41.9 Å². The van der Waals surface area contributed by atoms with Crippen LogP contribution in [0.3, 0.4) is 0 Å². The Morgan fingerprint density at radius 1 is 1.53 bits per heavy atom. The predicted octanol–water partition coefficient (Wildman–Crippen LogP) is 2.61. The molecule has 0 atom stereocenters. The van der Waals surface area contributed by atoms with Crippen molar-refractivity contribution < 1.29 is 4.39 Å². The second kappa shape index (κ2) is 4.76. The van der Waals surface area contributed by atoms with Gasteiger partial charge in [0.1, 0.15) is 5.82 Å². The molecule has 0 amide bonds. The molecule has 1 fully saturated rings. The van der Waals surface area contributed by atoms with Crippen molar-refractivity contribution in [3.05, 3.63) is 22.4 Å². The summed E-state index contributed by atoms with van der Waals surface area (Å²) in [6, 6.07) is 3.88. The molecule has 102 valence electrons. The van der Waals surface area contributed by atoms with Gasteiger partial charge in [0.25, 0.3) is 0 Å². The summed E-state index contributed by atoms with van der Waals surface area (Å²) in [4.78, 5) is 6.55. The Hall–Kier alpha value is -1.14. The SMILES string of the molecule is CN(CCn1c(N)nc2cc(F)c(Br)cc21)C1CC1. The number of imidazole rings is 1. The van der Waals surface area contributed by atoms with E-state index in [9.17, 15) is 4.39 Å². The Labute approximate surface area is 119 Å². The van der Waals surface area contributed by atoms with Crippen LogP contribution in [0.2, 0.25) is 0 Å². The molecular formula is C13H16BrFN4. The molecular weight excluding hydrogens is 311 g/mol. The Kier molecular flexibility index (Phi) is 3.22. The zero-order valence-corrected chi connectivity index (χ0v) is 12.3. The molecule has 4 nitrogen and oxygen atoms in total. The van der Waals surface area contributed by atoms with Crippen molar-refractivity contribution in [3.63, 3.8) is 0 Å². The Morgan fingerprint density at radius 3 is 2.95 bits per heavy atom. The summed E-state index contributed by atoms with van der Waals surface area (Å²) >= 11 is 3.21. The first-order valence-corrected chi connectivity index (χ1v) is 7.16. The highest BCUT2D eigenvalue weighted by molar-refractivity contribution is 9.10. The van der Waals surface area contributed by atoms with Gasteiger partial charge < -0.3 is 15.2 Å². The maximum absolute atomic E-state index is 13.5. The van der Waals surface area contributed by atoms with Gasteiger partial charge in [-0.15, -0.1) is 0 Å². The molecule has 1 aromatic carbocycles. The molecule has 0 radical (unpaired) electrons. The topological polar surface area (TPSA) is 47.1 Å². The molecule has 19 heavy (non-hydrogen) atoms. The van der Waals surface area contributed by atoms with Crippen LogP contribution in [0.4, 0.5) is 10.3 Å². The summed E-state index contributed by atoms with van der Waals surface area (Å²) < 4.78 is 15.9. The zero-order valence-electron chi connectivity index (χ0n) is 10.7. The minimum absolute atomic E-state index is 0.313. The van der Waals surface area contributed by atoms with Crippen LogP contribution in [0.1, 0.15) is 12.8 Å². The van der Waals surface area contributed by atoms with E-state index in [-0.39, 0.29) is 5.82 Å². The van der Waals surface area contributed by atoms with E-state index in [1.54, 1.807) is 6.07 Å². The van der Waals surface area contributed by atoms with Gasteiger partial charge in [0.2, 0.25) is 5.95 Å². The fourth-order valence-electron chi connectivity index (χ4n) is 2.33. The van der Waals surface area contributed by atoms with E-state index in [0.717, 1.165) is 24.6 Å². The average molecular weight is 327 g/mol. The number of halogens is 2. The third kappa shape index (κ3) is 2.47. The van der Waals surface area contributed by atoms with Crippen LogP contribution in [0.25, 0.3) is 11.0 Å². The zero-order chi connectivity index (χ0) is 13.6. The summed E-state index contributed by atoms with van der Waals surface area (Å²) in [5, 5.41) is 0.